The van der Waals surface area contributed by atoms with Crippen LogP contribution < -0.4 is 4.90 Å². The second-order valence-corrected chi connectivity index (χ2v) is 5.67. The van der Waals surface area contributed by atoms with E-state index in [1.807, 2.05) is 0 Å². The molecule has 1 unspecified atom stereocenters. The molecule has 0 saturated heterocycles. The van der Waals surface area contributed by atoms with Gasteiger partial charge in [-0.3, -0.25) is 4.79 Å². The number of carbonyl (C=O) groups is 1. The summed E-state index contributed by atoms with van der Waals surface area (Å²) in [4.78, 5) is 13.5. The summed E-state index contributed by atoms with van der Waals surface area (Å²) in [6.45, 7) is 3.52. The Labute approximate surface area is 106 Å². The minimum absolute atomic E-state index is 0.0375. The molecule has 0 spiro atoms. The minimum atomic E-state index is -3.62. The van der Waals surface area contributed by atoms with Crippen LogP contribution in [0.25, 0.3) is 0 Å². The van der Waals surface area contributed by atoms with Crippen molar-refractivity contribution in [2.75, 3.05) is 4.90 Å². The molecule has 0 radical (unpaired) electrons. The van der Waals surface area contributed by atoms with E-state index in [2.05, 4.69) is 4.40 Å². The van der Waals surface area contributed by atoms with E-state index in [-0.39, 0.29) is 10.7 Å². The maximum absolute atomic E-state index is 11.8. The third kappa shape index (κ3) is 2.03. The summed E-state index contributed by atoms with van der Waals surface area (Å²) in [5.74, 6) is 0.0375. The van der Waals surface area contributed by atoms with Crippen molar-refractivity contribution < 1.29 is 13.2 Å². The molecule has 0 saturated carbocycles. The lowest BCUT2D eigenvalue weighted by Crippen LogP contribution is -2.40. The zero-order valence-corrected chi connectivity index (χ0v) is 11.0. The number of ketones is 1. The third-order valence-corrected chi connectivity index (χ3v) is 4.24. The predicted octanol–water partition coefficient (Wildman–Crippen LogP) is 1.59. The van der Waals surface area contributed by atoms with Gasteiger partial charge in [-0.15, -0.1) is 4.40 Å². The maximum Gasteiger partial charge on any atom is 0.285 e. The van der Waals surface area contributed by atoms with E-state index in [4.69, 9.17) is 0 Å². The van der Waals surface area contributed by atoms with Gasteiger partial charge in [0.15, 0.2) is 5.78 Å². The fourth-order valence-electron chi connectivity index (χ4n) is 1.88. The van der Waals surface area contributed by atoms with Gasteiger partial charge < -0.3 is 4.90 Å². The number of rotatable bonds is 3. The number of hydrogen-bond donors (Lipinski definition) is 0. The highest BCUT2D eigenvalue weighted by Gasteiger charge is 2.29. The van der Waals surface area contributed by atoms with E-state index < -0.39 is 16.1 Å². The number of Topliss-reactive ketones (excluding diaryl/α,β-unsaturated/α-hetero) is 1. The molecule has 0 aliphatic carbocycles. The van der Waals surface area contributed by atoms with Gasteiger partial charge in [-0.05, 0) is 19.1 Å². The van der Waals surface area contributed by atoms with Gasteiger partial charge in [0, 0.05) is 6.42 Å². The summed E-state index contributed by atoms with van der Waals surface area (Å²) in [7, 11) is -3.62. The first-order chi connectivity index (χ1) is 8.47. The molecule has 0 aromatic heterocycles. The molecule has 0 N–H and O–H groups in total. The van der Waals surface area contributed by atoms with Gasteiger partial charge in [0.05, 0.1) is 11.7 Å². The van der Waals surface area contributed by atoms with Gasteiger partial charge in [-0.25, -0.2) is 0 Å². The van der Waals surface area contributed by atoms with Gasteiger partial charge in [0.2, 0.25) is 0 Å². The highest BCUT2D eigenvalue weighted by atomic mass is 32.2. The van der Waals surface area contributed by atoms with E-state index in [0.717, 1.165) is 0 Å². The van der Waals surface area contributed by atoms with Crippen molar-refractivity contribution >= 4 is 27.8 Å². The van der Waals surface area contributed by atoms with Crippen molar-refractivity contribution in [1.82, 2.24) is 0 Å². The van der Waals surface area contributed by atoms with Crippen LogP contribution in [-0.4, -0.2) is 26.6 Å². The Hall–Kier alpha value is -1.69. The van der Waals surface area contributed by atoms with Crippen LogP contribution in [-0.2, 0) is 14.8 Å². The van der Waals surface area contributed by atoms with Crippen molar-refractivity contribution in [3.63, 3.8) is 0 Å². The lowest BCUT2D eigenvalue weighted by atomic mass is 10.1. The first-order valence-electron chi connectivity index (χ1n) is 5.68. The normalized spacial score (nSPS) is 18.2. The average molecular weight is 266 g/mol. The molecule has 1 aliphatic heterocycles. The number of para-hydroxylation sites is 1. The Balaban J connectivity index is 2.51. The first-order valence-corrected chi connectivity index (χ1v) is 7.12. The van der Waals surface area contributed by atoms with Crippen molar-refractivity contribution in [1.29, 1.82) is 0 Å². The zero-order valence-electron chi connectivity index (χ0n) is 10.2. The quantitative estimate of drug-likeness (QED) is 0.833. The first kappa shape index (κ1) is 12.8. The SMILES string of the molecule is CCC(=O)C(C)N1C=NS(=O)(=O)c2ccccc21. The maximum atomic E-state index is 11.8. The molecule has 0 amide bonds. The van der Waals surface area contributed by atoms with Crippen LogP contribution >= 0.6 is 0 Å². The molecule has 6 heteroatoms. The smallest absolute Gasteiger partial charge is 0.285 e. The van der Waals surface area contributed by atoms with Crippen LogP contribution in [0.5, 0.6) is 0 Å². The van der Waals surface area contributed by atoms with E-state index in [9.17, 15) is 13.2 Å². The Morgan fingerprint density at radius 2 is 2.06 bits per heavy atom. The fourth-order valence-corrected chi connectivity index (χ4v) is 2.91. The minimum Gasteiger partial charge on any atom is -0.320 e. The van der Waals surface area contributed by atoms with Crippen LogP contribution in [0.2, 0.25) is 0 Å². The van der Waals surface area contributed by atoms with Crippen LogP contribution in [0.15, 0.2) is 33.6 Å². The summed E-state index contributed by atoms with van der Waals surface area (Å²) >= 11 is 0. The second kappa shape index (κ2) is 4.53. The van der Waals surface area contributed by atoms with Gasteiger partial charge in [-0.2, -0.15) is 8.42 Å². The fraction of sp³-hybridized carbons (Fsp3) is 0.333. The summed E-state index contributed by atoms with van der Waals surface area (Å²) in [5, 5.41) is 0. The standard InChI is InChI=1S/C12H14N2O3S/c1-3-11(15)9(2)14-8-13-18(16,17)12-7-5-4-6-10(12)14/h4-9H,3H2,1-2H3. The monoisotopic (exact) mass is 266 g/mol. The van der Waals surface area contributed by atoms with Crippen molar-refractivity contribution in [3.05, 3.63) is 24.3 Å². The predicted molar refractivity (Wildman–Crippen MR) is 69.4 cm³/mol. The summed E-state index contributed by atoms with van der Waals surface area (Å²) in [5.41, 5.74) is 0.502. The van der Waals surface area contributed by atoms with E-state index in [1.165, 1.54) is 12.4 Å². The largest absolute Gasteiger partial charge is 0.320 e. The molecule has 1 atom stereocenters. The number of nitrogens with zero attached hydrogens (tertiary/aromatic N) is 2. The Kier molecular flexibility index (Phi) is 3.21. The lowest BCUT2D eigenvalue weighted by molar-refractivity contribution is -0.119. The molecule has 0 bridgehead atoms. The molecular weight excluding hydrogens is 252 g/mol. The van der Waals surface area contributed by atoms with Crippen LogP contribution in [0.3, 0.4) is 0 Å². The van der Waals surface area contributed by atoms with Crippen LogP contribution in [0.4, 0.5) is 5.69 Å². The van der Waals surface area contributed by atoms with Crippen LogP contribution in [0.1, 0.15) is 20.3 Å². The molecule has 2 rings (SSSR count). The van der Waals surface area contributed by atoms with E-state index >= 15 is 0 Å². The Morgan fingerprint density at radius 3 is 2.72 bits per heavy atom. The molecule has 1 aromatic rings. The summed E-state index contributed by atoms with van der Waals surface area (Å²) < 4.78 is 27.1. The molecule has 1 heterocycles. The van der Waals surface area contributed by atoms with E-state index in [1.54, 1.807) is 36.9 Å². The Morgan fingerprint density at radius 1 is 1.39 bits per heavy atom. The number of anilines is 1. The lowest BCUT2D eigenvalue weighted by Gasteiger charge is -2.29. The number of hydrogen-bond acceptors (Lipinski definition) is 4. The highest BCUT2D eigenvalue weighted by molar-refractivity contribution is 7.90. The van der Waals surface area contributed by atoms with Crippen molar-refractivity contribution in [2.24, 2.45) is 4.40 Å². The number of benzene rings is 1. The van der Waals surface area contributed by atoms with Gasteiger partial charge in [-0.1, -0.05) is 19.1 Å². The van der Waals surface area contributed by atoms with E-state index in [0.29, 0.717) is 12.1 Å². The molecule has 1 aliphatic rings. The number of carbonyl (C=O) groups excluding carboxylic acids is 1. The molecule has 1 aromatic carbocycles. The Bertz CT molecular complexity index is 608. The second-order valence-electron chi connectivity index (χ2n) is 4.07. The molecule has 18 heavy (non-hydrogen) atoms. The third-order valence-electron chi connectivity index (χ3n) is 2.96. The summed E-state index contributed by atoms with van der Waals surface area (Å²) in [6, 6.07) is 6.13. The summed E-state index contributed by atoms with van der Waals surface area (Å²) in [6.07, 6.45) is 1.62. The van der Waals surface area contributed by atoms with Crippen LogP contribution in [0, 0.1) is 0 Å². The zero-order chi connectivity index (χ0) is 13.3. The molecule has 0 fully saturated rings. The molecular formula is C12H14N2O3S. The number of fused-ring (bicyclic) bond motifs is 1. The van der Waals surface area contributed by atoms with Gasteiger partial charge >= 0.3 is 0 Å². The topological polar surface area (TPSA) is 66.8 Å². The average Bonchev–Trinajstić information content (AvgIpc) is 2.37. The van der Waals surface area contributed by atoms with Crippen molar-refractivity contribution in [2.45, 2.75) is 31.2 Å². The van der Waals surface area contributed by atoms with Gasteiger partial charge in [0.25, 0.3) is 10.0 Å². The molecule has 5 nitrogen and oxygen atoms in total. The molecule has 96 valence electrons. The number of sulfonamides is 1. The van der Waals surface area contributed by atoms with Gasteiger partial charge in [0.1, 0.15) is 11.2 Å². The van der Waals surface area contributed by atoms with Crippen molar-refractivity contribution in [3.8, 4) is 0 Å². The highest BCUT2D eigenvalue weighted by Crippen LogP contribution is 2.30.